The summed E-state index contributed by atoms with van der Waals surface area (Å²) >= 11 is 6.87. The Labute approximate surface area is 123 Å². The van der Waals surface area contributed by atoms with E-state index in [-0.39, 0.29) is 11.2 Å². The number of hydrogen-bond acceptors (Lipinski definition) is 2. The summed E-state index contributed by atoms with van der Waals surface area (Å²) in [5, 5.41) is 0.891. The lowest BCUT2D eigenvalue weighted by atomic mass is 9.83. The maximum absolute atomic E-state index is 13.0. The lowest BCUT2D eigenvalue weighted by molar-refractivity contribution is 0.00340. The van der Waals surface area contributed by atoms with Gasteiger partial charge in [-0.1, -0.05) is 15.9 Å². The third-order valence-electron chi connectivity index (χ3n) is 3.26. The summed E-state index contributed by atoms with van der Waals surface area (Å²) in [5.74, 6) is 0.415. The smallest absolute Gasteiger partial charge is 0.133 e. The van der Waals surface area contributed by atoms with Crippen LogP contribution >= 0.6 is 31.9 Å². The highest BCUT2D eigenvalue weighted by atomic mass is 79.9. The summed E-state index contributed by atoms with van der Waals surface area (Å²) in [7, 11) is 0. The van der Waals surface area contributed by atoms with E-state index in [0.29, 0.717) is 16.8 Å². The summed E-state index contributed by atoms with van der Waals surface area (Å²) in [6.45, 7) is 2.17. The molecule has 1 aromatic carbocycles. The van der Waals surface area contributed by atoms with Crippen LogP contribution in [0.2, 0.25) is 0 Å². The average Bonchev–Trinajstić information content (AvgIpc) is 2.39. The maximum Gasteiger partial charge on any atom is 0.133 e. The summed E-state index contributed by atoms with van der Waals surface area (Å²) in [5.41, 5.74) is 0.117. The maximum atomic E-state index is 13.0. The number of alkyl halides is 1. The van der Waals surface area contributed by atoms with Crippen molar-refractivity contribution in [1.29, 1.82) is 0 Å². The highest BCUT2D eigenvalue weighted by Crippen LogP contribution is 2.34. The SMILES string of the molecule is Fc1ccc(OCC2(CBr)CCOCC2)c(Br)c1. The molecular formula is C13H15Br2FO2. The van der Waals surface area contributed by atoms with Gasteiger partial charge >= 0.3 is 0 Å². The second-order valence-corrected chi connectivity index (χ2v) is 6.02. The van der Waals surface area contributed by atoms with E-state index in [9.17, 15) is 4.39 Å². The van der Waals surface area contributed by atoms with E-state index >= 15 is 0 Å². The average molecular weight is 382 g/mol. The van der Waals surface area contributed by atoms with Crippen LogP contribution in [0.4, 0.5) is 4.39 Å². The number of halogens is 3. The number of benzene rings is 1. The number of hydrogen-bond donors (Lipinski definition) is 0. The fraction of sp³-hybridized carbons (Fsp3) is 0.538. The monoisotopic (exact) mass is 380 g/mol. The van der Waals surface area contributed by atoms with Crippen LogP contribution in [0.15, 0.2) is 22.7 Å². The molecule has 0 bridgehead atoms. The van der Waals surface area contributed by atoms with Crippen LogP contribution in [0.5, 0.6) is 5.75 Å². The van der Waals surface area contributed by atoms with E-state index in [1.807, 2.05) is 0 Å². The van der Waals surface area contributed by atoms with Gasteiger partial charge in [-0.3, -0.25) is 0 Å². The zero-order valence-corrected chi connectivity index (χ0v) is 13.1. The number of rotatable bonds is 4. The molecule has 1 aliphatic rings. The van der Waals surface area contributed by atoms with E-state index in [4.69, 9.17) is 9.47 Å². The van der Waals surface area contributed by atoms with Crippen LogP contribution in [-0.2, 0) is 4.74 Å². The highest BCUT2D eigenvalue weighted by Gasteiger charge is 2.32. The first-order valence-corrected chi connectivity index (χ1v) is 7.78. The largest absolute Gasteiger partial charge is 0.492 e. The molecule has 0 unspecified atom stereocenters. The topological polar surface area (TPSA) is 18.5 Å². The molecule has 100 valence electrons. The van der Waals surface area contributed by atoms with E-state index in [0.717, 1.165) is 31.4 Å². The molecule has 0 N–H and O–H groups in total. The van der Waals surface area contributed by atoms with Gasteiger partial charge in [0.1, 0.15) is 11.6 Å². The molecule has 0 radical (unpaired) electrons. The summed E-state index contributed by atoms with van der Waals surface area (Å²) < 4.78 is 24.8. The van der Waals surface area contributed by atoms with Crippen molar-refractivity contribution in [2.24, 2.45) is 5.41 Å². The quantitative estimate of drug-likeness (QED) is 0.729. The molecule has 0 saturated carbocycles. The van der Waals surface area contributed by atoms with Crippen molar-refractivity contribution in [2.45, 2.75) is 12.8 Å². The Hall–Kier alpha value is -0.130. The Morgan fingerprint density at radius 3 is 2.67 bits per heavy atom. The second-order valence-electron chi connectivity index (χ2n) is 4.61. The van der Waals surface area contributed by atoms with Crippen molar-refractivity contribution in [1.82, 2.24) is 0 Å². The molecule has 5 heteroatoms. The lowest BCUT2D eigenvalue weighted by Gasteiger charge is -2.35. The minimum absolute atomic E-state index is 0.117. The van der Waals surface area contributed by atoms with Crippen LogP contribution in [-0.4, -0.2) is 25.2 Å². The second kappa shape index (κ2) is 6.35. The third kappa shape index (κ3) is 3.45. The Bertz CT molecular complexity index is 406. The van der Waals surface area contributed by atoms with Crippen LogP contribution in [0.3, 0.4) is 0 Å². The van der Waals surface area contributed by atoms with Gasteiger partial charge in [0.2, 0.25) is 0 Å². The van der Waals surface area contributed by atoms with E-state index in [1.165, 1.54) is 12.1 Å². The predicted octanol–water partition coefficient (Wildman–Crippen LogP) is 4.16. The first kappa shape index (κ1) is 14.3. The van der Waals surface area contributed by atoms with Crippen molar-refractivity contribution in [3.05, 3.63) is 28.5 Å². The van der Waals surface area contributed by atoms with E-state index < -0.39 is 0 Å². The molecule has 0 aliphatic carbocycles. The Balaban J connectivity index is 2.01. The van der Waals surface area contributed by atoms with Crippen molar-refractivity contribution < 1.29 is 13.9 Å². The molecule has 0 atom stereocenters. The summed E-state index contributed by atoms with van der Waals surface area (Å²) in [6, 6.07) is 4.48. The molecule has 2 nitrogen and oxygen atoms in total. The van der Waals surface area contributed by atoms with Gasteiger partial charge in [-0.05, 0) is 47.0 Å². The zero-order chi connectivity index (χ0) is 13.0. The molecule has 2 rings (SSSR count). The van der Waals surface area contributed by atoms with Gasteiger partial charge in [0, 0.05) is 24.0 Å². The molecule has 1 heterocycles. The standard InChI is InChI=1S/C13H15Br2FO2/c14-8-13(3-5-17-6-4-13)9-18-12-2-1-10(16)7-11(12)15/h1-2,7H,3-6,8-9H2. The Morgan fingerprint density at radius 1 is 1.33 bits per heavy atom. The summed E-state index contributed by atoms with van der Waals surface area (Å²) in [6.07, 6.45) is 1.97. The Morgan fingerprint density at radius 2 is 2.06 bits per heavy atom. The van der Waals surface area contributed by atoms with Crippen LogP contribution in [0.25, 0.3) is 0 Å². The van der Waals surface area contributed by atoms with Crippen LogP contribution < -0.4 is 4.74 Å². The summed E-state index contributed by atoms with van der Waals surface area (Å²) in [4.78, 5) is 0. The molecule has 0 spiro atoms. The molecule has 1 aliphatic heterocycles. The molecule has 0 aromatic heterocycles. The van der Waals surface area contributed by atoms with Gasteiger partial charge in [0.15, 0.2) is 0 Å². The highest BCUT2D eigenvalue weighted by molar-refractivity contribution is 9.10. The number of ether oxygens (including phenoxy) is 2. The van der Waals surface area contributed by atoms with Crippen LogP contribution in [0.1, 0.15) is 12.8 Å². The minimum Gasteiger partial charge on any atom is -0.492 e. The predicted molar refractivity (Wildman–Crippen MR) is 75.9 cm³/mol. The first-order valence-electron chi connectivity index (χ1n) is 5.87. The van der Waals surface area contributed by atoms with Gasteiger partial charge in [-0.2, -0.15) is 0 Å². The van der Waals surface area contributed by atoms with E-state index in [1.54, 1.807) is 6.07 Å². The third-order valence-corrected chi connectivity index (χ3v) is 5.07. The van der Waals surface area contributed by atoms with Gasteiger partial charge in [0.25, 0.3) is 0 Å². The molecular weight excluding hydrogens is 367 g/mol. The van der Waals surface area contributed by atoms with Crippen molar-refractivity contribution in [2.75, 3.05) is 25.2 Å². The zero-order valence-electron chi connectivity index (χ0n) is 9.93. The van der Waals surface area contributed by atoms with Gasteiger partial charge < -0.3 is 9.47 Å². The normalized spacial score (nSPS) is 18.6. The first-order chi connectivity index (χ1) is 8.65. The van der Waals surface area contributed by atoms with Crippen molar-refractivity contribution >= 4 is 31.9 Å². The van der Waals surface area contributed by atoms with Gasteiger partial charge in [-0.25, -0.2) is 4.39 Å². The van der Waals surface area contributed by atoms with Gasteiger partial charge in [-0.15, -0.1) is 0 Å². The van der Waals surface area contributed by atoms with Crippen LogP contribution in [0, 0.1) is 11.2 Å². The minimum atomic E-state index is -0.268. The lowest BCUT2D eigenvalue weighted by Crippen LogP contribution is -2.36. The fourth-order valence-corrected chi connectivity index (χ4v) is 3.13. The molecule has 1 aromatic rings. The molecule has 1 saturated heterocycles. The van der Waals surface area contributed by atoms with Crippen molar-refractivity contribution in [3.8, 4) is 5.75 Å². The molecule has 1 fully saturated rings. The molecule has 18 heavy (non-hydrogen) atoms. The Kier molecular flexibility index (Phi) is 5.04. The fourth-order valence-electron chi connectivity index (χ4n) is 1.94. The molecule has 0 amide bonds. The van der Waals surface area contributed by atoms with E-state index in [2.05, 4.69) is 31.9 Å². The van der Waals surface area contributed by atoms with Gasteiger partial charge in [0.05, 0.1) is 11.1 Å². The van der Waals surface area contributed by atoms with Crippen molar-refractivity contribution in [3.63, 3.8) is 0 Å².